The molecule has 1 aromatic carbocycles. The number of hydrogen-bond acceptors (Lipinski definition) is 5. The van der Waals surface area contributed by atoms with Gasteiger partial charge in [0.2, 0.25) is 5.95 Å². The van der Waals surface area contributed by atoms with Gasteiger partial charge in [-0.2, -0.15) is 0 Å². The quantitative estimate of drug-likeness (QED) is 0.911. The Morgan fingerprint density at radius 3 is 2.54 bits per heavy atom. The van der Waals surface area contributed by atoms with Crippen LogP contribution in [-0.4, -0.2) is 53.0 Å². The van der Waals surface area contributed by atoms with Crippen molar-refractivity contribution in [1.29, 1.82) is 0 Å². The Hall–Kier alpha value is -2.61. The van der Waals surface area contributed by atoms with E-state index in [9.17, 15) is 13.6 Å². The first-order valence-electron chi connectivity index (χ1n) is 8.68. The molecule has 1 N–H and O–H groups in total. The second-order valence-electron chi connectivity index (χ2n) is 6.59. The predicted molar refractivity (Wildman–Crippen MR) is 93.2 cm³/mol. The van der Waals surface area contributed by atoms with Crippen molar-refractivity contribution >= 4 is 17.5 Å². The molecule has 3 saturated heterocycles. The Kier molecular flexibility index (Phi) is 4.50. The van der Waals surface area contributed by atoms with Crippen LogP contribution in [0, 0.1) is 11.6 Å². The molecule has 0 atom stereocenters. The summed E-state index contributed by atoms with van der Waals surface area (Å²) in [4.78, 5) is 25.5. The van der Waals surface area contributed by atoms with Crippen LogP contribution in [0.4, 0.5) is 20.4 Å². The second-order valence-corrected chi connectivity index (χ2v) is 6.59. The summed E-state index contributed by atoms with van der Waals surface area (Å²) in [5.74, 6) is -2.33. The first-order valence-corrected chi connectivity index (χ1v) is 8.68. The van der Waals surface area contributed by atoms with Crippen molar-refractivity contribution in [3.63, 3.8) is 0 Å². The number of benzene rings is 1. The smallest absolute Gasteiger partial charge is 0.258 e. The van der Waals surface area contributed by atoms with E-state index in [0.717, 1.165) is 45.1 Å². The van der Waals surface area contributed by atoms with E-state index in [-0.39, 0.29) is 5.56 Å². The Morgan fingerprint density at radius 2 is 1.81 bits per heavy atom. The summed E-state index contributed by atoms with van der Waals surface area (Å²) in [7, 11) is 0. The van der Waals surface area contributed by atoms with Crippen LogP contribution in [0.25, 0.3) is 0 Å². The number of halogens is 2. The molecule has 136 valence electrons. The normalized spacial score (nSPS) is 22.2. The van der Waals surface area contributed by atoms with Crippen molar-refractivity contribution in [3.05, 3.63) is 47.8 Å². The molecule has 3 fully saturated rings. The van der Waals surface area contributed by atoms with E-state index in [2.05, 4.69) is 25.1 Å². The Labute approximate surface area is 149 Å². The van der Waals surface area contributed by atoms with Crippen molar-refractivity contribution in [2.45, 2.75) is 18.9 Å². The number of piperidine rings is 1. The van der Waals surface area contributed by atoms with Crippen molar-refractivity contribution in [3.8, 4) is 0 Å². The molecule has 0 radical (unpaired) electrons. The van der Waals surface area contributed by atoms with E-state index in [0.29, 0.717) is 17.7 Å². The Balaban J connectivity index is 1.48. The number of carbonyl (C=O) groups is 1. The highest BCUT2D eigenvalue weighted by molar-refractivity contribution is 6.04. The number of aromatic nitrogens is 2. The largest absolute Gasteiger partial charge is 0.336 e. The summed E-state index contributed by atoms with van der Waals surface area (Å²) in [6.45, 7) is 4.09. The minimum atomic E-state index is -1.17. The maximum Gasteiger partial charge on any atom is 0.258 e. The molecule has 6 nitrogen and oxygen atoms in total. The molecule has 0 spiro atoms. The van der Waals surface area contributed by atoms with Crippen LogP contribution in [0.1, 0.15) is 23.2 Å². The van der Waals surface area contributed by atoms with E-state index in [4.69, 9.17) is 0 Å². The zero-order valence-electron chi connectivity index (χ0n) is 14.2. The van der Waals surface area contributed by atoms with E-state index < -0.39 is 17.5 Å². The maximum atomic E-state index is 13.7. The summed E-state index contributed by atoms with van der Waals surface area (Å²) in [6, 6.07) is 3.93. The van der Waals surface area contributed by atoms with Crippen LogP contribution in [0.2, 0.25) is 0 Å². The third kappa shape index (κ3) is 3.24. The maximum absolute atomic E-state index is 13.7. The molecule has 1 amide bonds. The highest BCUT2D eigenvalue weighted by atomic mass is 19.2. The first-order chi connectivity index (χ1) is 12.6. The van der Waals surface area contributed by atoms with E-state index in [1.165, 1.54) is 24.5 Å². The molecular formula is C18H19F2N5O. The van der Waals surface area contributed by atoms with Gasteiger partial charge >= 0.3 is 0 Å². The summed E-state index contributed by atoms with van der Waals surface area (Å²) >= 11 is 0. The standard InChI is InChI=1S/C18H19F2N5O/c19-15-3-1-2-14(16(15)20)17(26)23-12-10-21-18(22-11-12)25-9-8-24-6-4-13(25)5-7-24/h1-3,10-11,13H,4-9H2,(H,23,26). The number of nitrogens with zero attached hydrogens (tertiary/aromatic N) is 4. The molecule has 3 aliphatic heterocycles. The molecule has 4 heterocycles. The Bertz CT molecular complexity index is 806. The first kappa shape index (κ1) is 16.8. The SMILES string of the molecule is O=C(Nc1cnc(N2CCN3CCC2CC3)nc1)c1cccc(F)c1F. The number of amides is 1. The van der Waals surface area contributed by atoms with Gasteiger partial charge in [0, 0.05) is 32.2 Å². The van der Waals surface area contributed by atoms with Gasteiger partial charge in [0.05, 0.1) is 23.6 Å². The van der Waals surface area contributed by atoms with Gasteiger partial charge in [0.15, 0.2) is 11.6 Å². The van der Waals surface area contributed by atoms with Gasteiger partial charge in [-0.3, -0.25) is 4.79 Å². The average molecular weight is 359 g/mol. The molecule has 1 aromatic heterocycles. The highest BCUT2D eigenvalue weighted by Gasteiger charge is 2.30. The van der Waals surface area contributed by atoms with Gasteiger partial charge in [-0.25, -0.2) is 18.7 Å². The monoisotopic (exact) mass is 359 g/mol. The average Bonchev–Trinajstić information content (AvgIpc) is 2.98. The fraction of sp³-hybridized carbons (Fsp3) is 0.389. The lowest BCUT2D eigenvalue weighted by molar-refractivity contribution is 0.102. The zero-order chi connectivity index (χ0) is 18.1. The number of fused-ring (bicyclic) bond motifs is 4. The lowest BCUT2D eigenvalue weighted by Gasteiger charge is -2.31. The zero-order valence-corrected chi connectivity index (χ0v) is 14.2. The molecule has 2 bridgehead atoms. The summed E-state index contributed by atoms with van der Waals surface area (Å²) in [6.07, 6.45) is 5.19. The van der Waals surface area contributed by atoms with Crippen LogP contribution in [0.15, 0.2) is 30.6 Å². The lowest BCUT2D eigenvalue weighted by Crippen LogP contribution is -2.38. The van der Waals surface area contributed by atoms with Crippen LogP contribution < -0.4 is 10.2 Å². The molecule has 3 aliphatic rings. The van der Waals surface area contributed by atoms with Gasteiger partial charge in [0.1, 0.15) is 0 Å². The molecule has 5 rings (SSSR count). The lowest BCUT2D eigenvalue weighted by atomic mass is 10.1. The van der Waals surface area contributed by atoms with E-state index in [1.54, 1.807) is 0 Å². The molecule has 26 heavy (non-hydrogen) atoms. The van der Waals surface area contributed by atoms with Crippen molar-refractivity contribution in [1.82, 2.24) is 14.9 Å². The third-order valence-corrected chi connectivity index (χ3v) is 5.00. The number of nitrogens with one attached hydrogen (secondary N) is 1. The van der Waals surface area contributed by atoms with Crippen LogP contribution in [-0.2, 0) is 0 Å². The molecule has 0 unspecified atom stereocenters. The summed E-state index contributed by atoms with van der Waals surface area (Å²) in [5, 5.41) is 2.50. The minimum absolute atomic E-state index is 0.338. The molecular weight excluding hydrogens is 340 g/mol. The van der Waals surface area contributed by atoms with Crippen molar-refractivity contribution in [2.24, 2.45) is 0 Å². The minimum Gasteiger partial charge on any atom is -0.336 e. The van der Waals surface area contributed by atoms with Crippen LogP contribution in [0.3, 0.4) is 0 Å². The van der Waals surface area contributed by atoms with Gasteiger partial charge in [-0.05, 0) is 25.0 Å². The number of carbonyl (C=O) groups excluding carboxylic acids is 1. The topological polar surface area (TPSA) is 61.4 Å². The summed E-state index contributed by atoms with van der Waals surface area (Å²) < 4.78 is 27.0. The fourth-order valence-corrected chi connectivity index (χ4v) is 3.56. The van der Waals surface area contributed by atoms with Crippen molar-refractivity contribution < 1.29 is 13.6 Å². The van der Waals surface area contributed by atoms with Crippen molar-refractivity contribution in [2.75, 3.05) is 36.4 Å². The number of anilines is 2. The van der Waals surface area contributed by atoms with Gasteiger partial charge in [-0.15, -0.1) is 0 Å². The highest BCUT2D eigenvalue weighted by Crippen LogP contribution is 2.24. The van der Waals surface area contributed by atoms with Crippen LogP contribution in [0.5, 0.6) is 0 Å². The predicted octanol–water partition coefficient (Wildman–Crippen LogP) is 2.29. The molecule has 8 heteroatoms. The fourth-order valence-electron chi connectivity index (χ4n) is 3.56. The third-order valence-electron chi connectivity index (χ3n) is 5.00. The number of rotatable bonds is 3. The van der Waals surface area contributed by atoms with E-state index >= 15 is 0 Å². The molecule has 2 aromatic rings. The summed E-state index contributed by atoms with van der Waals surface area (Å²) in [5.41, 5.74) is -0.0158. The van der Waals surface area contributed by atoms with Gasteiger partial charge in [0.25, 0.3) is 5.91 Å². The van der Waals surface area contributed by atoms with E-state index in [1.807, 2.05) is 0 Å². The molecule has 0 aliphatic carbocycles. The Morgan fingerprint density at radius 1 is 1.08 bits per heavy atom. The molecule has 0 saturated carbocycles. The second kappa shape index (κ2) is 6.95. The van der Waals surface area contributed by atoms with Gasteiger partial charge in [-0.1, -0.05) is 6.07 Å². The number of hydrogen-bond donors (Lipinski definition) is 1. The van der Waals surface area contributed by atoms with Crippen LogP contribution >= 0.6 is 0 Å². The van der Waals surface area contributed by atoms with Gasteiger partial charge < -0.3 is 15.1 Å².